The molecule has 0 spiro atoms. The molecule has 2 bridgehead atoms. The number of hydrogen-bond acceptors (Lipinski definition) is 7. The molecule has 0 saturated carbocycles. The number of phenolic OH excluding ortho intramolecular Hbond substituents is 1. The number of aromatic hydroxyl groups is 1. The van der Waals surface area contributed by atoms with Crippen LogP contribution in [0.5, 0.6) is 11.5 Å². The zero-order valence-corrected chi connectivity index (χ0v) is 25.3. The molecule has 3 unspecified atom stereocenters. The topological polar surface area (TPSA) is 92.5 Å². The number of pyridine rings is 3. The van der Waals surface area contributed by atoms with Crippen LogP contribution in [0.3, 0.4) is 0 Å². The van der Waals surface area contributed by atoms with Gasteiger partial charge < -0.3 is 20.1 Å². The van der Waals surface area contributed by atoms with Crippen molar-refractivity contribution in [1.82, 2.24) is 19.9 Å². The highest BCUT2D eigenvalue weighted by Crippen LogP contribution is 2.45. The zero-order valence-electron chi connectivity index (χ0n) is 24.6. The summed E-state index contributed by atoms with van der Waals surface area (Å²) in [7, 11) is 0. The van der Waals surface area contributed by atoms with Gasteiger partial charge in [-0.3, -0.25) is 19.3 Å². The maximum absolute atomic E-state index is 17.5. The average molecular weight is 612 g/mol. The number of halogens is 2. The van der Waals surface area contributed by atoms with Gasteiger partial charge >= 0.3 is 0 Å². The SMILES string of the molecule is Cc1ccnc(C(C)C)c1-n1c(=O)c2c(c3cnc(-c4cc(O)cc5cccc(Cl)c45)c(F)c31)N1CC3CCC(N3)C1CO2. The van der Waals surface area contributed by atoms with Gasteiger partial charge in [-0.15, -0.1) is 0 Å². The van der Waals surface area contributed by atoms with Crippen molar-refractivity contribution in [2.75, 3.05) is 18.1 Å². The van der Waals surface area contributed by atoms with Crippen LogP contribution >= 0.6 is 11.6 Å². The Morgan fingerprint density at radius 2 is 2.00 bits per heavy atom. The second kappa shape index (κ2) is 9.90. The van der Waals surface area contributed by atoms with E-state index in [4.69, 9.17) is 16.3 Å². The van der Waals surface area contributed by atoms with Crippen LogP contribution in [0.2, 0.25) is 5.02 Å². The second-order valence-corrected chi connectivity index (χ2v) is 12.8. The molecule has 3 aromatic heterocycles. The van der Waals surface area contributed by atoms with E-state index in [1.807, 2.05) is 26.8 Å². The summed E-state index contributed by atoms with van der Waals surface area (Å²) in [6.45, 7) is 6.95. The Bertz CT molecular complexity index is 2080. The smallest absolute Gasteiger partial charge is 0.300 e. The first-order chi connectivity index (χ1) is 21.2. The summed E-state index contributed by atoms with van der Waals surface area (Å²) in [4.78, 5) is 26.2. The van der Waals surface area contributed by atoms with Crippen molar-refractivity contribution in [3.8, 4) is 28.4 Å². The fourth-order valence-electron chi connectivity index (χ4n) is 7.47. The summed E-state index contributed by atoms with van der Waals surface area (Å²) < 4.78 is 25.2. The largest absolute Gasteiger partial charge is 0.508 e. The van der Waals surface area contributed by atoms with Gasteiger partial charge in [0, 0.05) is 52.4 Å². The number of anilines is 1. The number of piperazine rings is 1. The quantitative estimate of drug-likeness (QED) is 0.250. The lowest BCUT2D eigenvalue weighted by atomic mass is 9.98. The number of rotatable bonds is 3. The first-order valence-corrected chi connectivity index (χ1v) is 15.4. The third-order valence-electron chi connectivity index (χ3n) is 9.42. The first-order valence-electron chi connectivity index (χ1n) is 15.0. The van der Waals surface area contributed by atoms with Gasteiger partial charge in [0.2, 0.25) is 5.75 Å². The summed E-state index contributed by atoms with van der Waals surface area (Å²) >= 11 is 6.64. The molecule has 10 heteroatoms. The molecule has 3 atom stereocenters. The second-order valence-electron chi connectivity index (χ2n) is 12.4. The van der Waals surface area contributed by atoms with E-state index in [0.717, 1.165) is 18.4 Å². The van der Waals surface area contributed by atoms with Crippen LogP contribution in [0.1, 0.15) is 43.9 Å². The lowest BCUT2D eigenvalue weighted by Gasteiger charge is -2.45. The van der Waals surface area contributed by atoms with Gasteiger partial charge in [-0.05, 0) is 60.9 Å². The average Bonchev–Trinajstić information content (AvgIpc) is 3.38. The number of nitrogens with one attached hydrogen (secondary N) is 1. The Balaban J connectivity index is 1.51. The summed E-state index contributed by atoms with van der Waals surface area (Å²) in [6, 6.07) is 10.7. The number of benzene rings is 2. The normalized spacial score (nSPS) is 20.7. The molecule has 2 N–H and O–H groups in total. The number of nitrogens with zero attached hydrogens (tertiary/aromatic N) is 4. The van der Waals surface area contributed by atoms with E-state index in [2.05, 4.69) is 20.2 Å². The first kappa shape index (κ1) is 27.3. The zero-order chi connectivity index (χ0) is 30.4. The minimum absolute atomic E-state index is 0.0131. The Labute approximate surface area is 258 Å². The fourth-order valence-corrected chi connectivity index (χ4v) is 7.75. The third kappa shape index (κ3) is 3.88. The van der Waals surface area contributed by atoms with E-state index in [0.29, 0.717) is 57.0 Å². The number of fused-ring (bicyclic) bond motifs is 9. The molecule has 0 amide bonds. The van der Waals surface area contributed by atoms with Crippen molar-refractivity contribution >= 4 is 39.0 Å². The van der Waals surface area contributed by atoms with Crippen molar-refractivity contribution in [2.24, 2.45) is 0 Å². The van der Waals surface area contributed by atoms with Crippen LogP contribution in [0, 0.1) is 12.7 Å². The number of phenols is 1. The van der Waals surface area contributed by atoms with E-state index in [-0.39, 0.29) is 46.8 Å². The van der Waals surface area contributed by atoms with E-state index < -0.39 is 11.4 Å². The van der Waals surface area contributed by atoms with Crippen LogP contribution in [-0.4, -0.2) is 50.9 Å². The molecule has 8 nitrogen and oxygen atoms in total. The van der Waals surface area contributed by atoms with Crippen LogP contribution in [-0.2, 0) is 0 Å². The van der Waals surface area contributed by atoms with E-state index in [1.54, 1.807) is 36.7 Å². The van der Waals surface area contributed by atoms with Crippen molar-refractivity contribution in [2.45, 2.75) is 57.7 Å². The Morgan fingerprint density at radius 3 is 2.82 bits per heavy atom. The molecule has 2 fully saturated rings. The predicted octanol–water partition coefficient (Wildman–Crippen LogP) is 6.23. The number of aryl methyl sites for hydroxylation is 1. The molecule has 0 radical (unpaired) electrons. The van der Waals surface area contributed by atoms with Crippen molar-refractivity contribution in [3.05, 3.63) is 81.2 Å². The minimum Gasteiger partial charge on any atom is -0.508 e. The van der Waals surface area contributed by atoms with Crippen molar-refractivity contribution < 1.29 is 14.2 Å². The fraction of sp³-hybridized carbons (Fsp3) is 0.324. The van der Waals surface area contributed by atoms with Gasteiger partial charge in [0.15, 0.2) is 5.82 Å². The van der Waals surface area contributed by atoms with Gasteiger partial charge in [0.1, 0.15) is 18.1 Å². The van der Waals surface area contributed by atoms with Gasteiger partial charge in [0.25, 0.3) is 5.56 Å². The highest BCUT2D eigenvalue weighted by atomic mass is 35.5. The standard InChI is InChI=1S/C34H31ClFN5O3/c1-16(2)28-30(17(3)9-10-37-28)41-31-22(32-33(34(41)43)44-15-25-24-8-7-19(39-24)14-40(25)32)13-38-29(27(31)36)21-12-20(42)11-18-5-4-6-23(35)26(18)21/h4-6,9-13,16,19,24-25,39,42H,7-8,14-15H2,1-3H3. The Morgan fingerprint density at radius 1 is 1.16 bits per heavy atom. The van der Waals surface area contributed by atoms with Crippen molar-refractivity contribution in [3.63, 3.8) is 0 Å². The maximum atomic E-state index is 17.5. The number of ether oxygens (including phenoxy) is 1. The van der Waals surface area contributed by atoms with Crippen molar-refractivity contribution in [1.29, 1.82) is 0 Å². The van der Waals surface area contributed by atoms with Gasteiger partial charge in [-0.2, -0.15) is 0 Å². The van der Waals surface area contributed by atoms with Gasteiger partial charge in [0.05, 0.1) is 28.6 Å². The molecule has 0 aliphatic carbocycles. The molecule has 2 saturated heterocycles. The van der Waals surface area contributed by atoms with E-state index in [9.17, 15) is 9.90 Å². The predicted molar refractivity (Wildman–Crippen MR) is 170 cm³/mol. The molecular weight excluding hydrogens is 581 g/mol. The third-order valence-corrected chi connectivity index (χ3v) is 9.73. The molecule has 224 valence electrons. The highest BCUT2D eigenvalue weighted by Gasteiger charge is 2.45. The summed E-state index contributed by atoms with van der Waals surface area (Å²) in [6.07, 6.45) is 5.40. The van der Waals surface area contributed by atoms with Gasteiger partial charge in [-0.1, -0.05) is 37.6 Å². The summed E-state index contributed by atoms with van der Waals surface area (Å²) in [5.41, 5.74) is 2.54. The molecule has 44 heavy (non-hydrogen) atoms. The highest BCUT2D eigenvalue weighted by molar-refractivity contribution is 6.36. The summed E-state index contributed by atoms with van der Waals surface area (Å²) in [5, 5.41) is 16.4. The molecule has 3 aliphatic rings. The van der Waals surface area contributed by atoms with E-state index >= 15 is 4.39 Å². The molecule has 3 aliphatic heterocycles. The molecular formula is C34H31ClFN5O3. The molecule has 6 heterocycles. The monoisotopic (exact) mass is 611 g/mol. The minimum atomic E-state index is -0.688. The molecule has 2 aromatic carbocycles. The van der Waals surface area contributed by atoms with Gasteiger partial charge in [-0.25, -0.2) is 4.39 Å². The Hall–Kier alpha value is -4.21. The lowest BCUT2D eigenvalue weighted by Crippen LogP contribution is -2.62. The van der Waals surface area contributed by atoms with Crippen LogP contribution in [0.25, 0.3) is 38.6 Å². The van der Waals surface area contributed by atoms with Crippen LogP contribution in [0.15, 0.2) is 53.6 Å². The Kier molecular flexibility index (Phi) is 6.16. The number of aromatic nitrogens is 3. The van der Waals surface area contributed by atoms with Crippen LogP contribution < -0.4 is 20.5 Å². The van der Waals surface area contributed by atoms with Crippen LogP contribution in [0.4, 0.5) is 10.1 Å². The summed E-state index contributed by atoms with van der Waals surface area (Å²) in [5.74, 6) is -0.577. The number of hydrogen-bond donors (Lipinski definition) is 2. The lowest BCUT2D eigenvalue weighted by molar-refractivity contribution is 0.216. The van der Waals surface area contributed by atoms with E-state index in [1.165, 1.54) is 10.6 Å². The molecule has 5 aromatic rings. The maximum Gasteiger partial charge on any atom is 0.300 e. The molecule has 8 rings (SSSR count).